The molecule has 2 fully saturated rings. The molecule has 2 aliphatic rings. The predicted octanol–water partition coefficient (Wildman–Crippen LogP) is 3.58. The van der Waals surface area contributed by atoms with Gasteiger partial charge >= 0.3 is 0 Å². The van der Waals surface area contributed by atoms with Crippen LogP contribution in [0.5, 0.6) is 5.75 Å². The smallest absolute Gasteiger partial charge is 0.129 e. The molecular formula is C19H26N2O2. The van der Waals surface area contributed by atoms with Crippen molar-refractivity contribution in [3.05, 3.63) is 30.5 Å². The van der Waals surface area contributed by atoms with Crippen LogP contribution in [-0.4, -0.2) is 48.3 Å². The lowest BCUT2D eigenvalue weighted by Crippen LogP contribution is -2.43. The van der Waals surface area contributed by atoms with Gasteiger partial charge in [0.05, 0.1) is 6.10 Å². The van der Waals surface area contributed by atoms with Crippen molar-refractivity contribution in [2.75, 3.05) is 26.2 Å². The van der Waals surface area contributed by atoms with Gasteiger partial charge in [0.1, 0.15) is 11.9 Å². The van der Waals surface area contributed by atoms with E-state index in [1.165, 1.54) is 24.6 Å². The number of benzene rings is 1. The molecule has 0 spiro atoms. The number of aromatic nitrogens is 1. The summed E-state index contributed by atoms with van der Waals surface area (Å²) in [6.07, 6.45) is 8.76. The van der Waals surface area contributed by atoms with Gasteiger partial charge in [0.15, 0.2) is 0 Å². The summed E-state index contributed by atoms with van der Waals surface area (Å²) in [5, 5.41) is 1.19. The van der Waals surface area contributed by atoms with Crippen LogP contribution in [0.2, 0.25) is 0 Å². The van der Waals surface area contributed by atoms with Crippen LogP contribution in [0, 0.1) is 0 Å². The first-order chi connectivity index (χ1) is 11.4. The highest BCUT2D eigenvalue weighted by atomic mass is 16.5. The van der Waals surface area contributed by atoms with Gasteiger partial charge in [0.2, 0.25) is 0 Å². The molecule has 0 bridgehead atoms. The fourth-order valence-electron chi connectivity index (χ4n) is 3.79. The fraction of sp³-hybridized carbons (Fsp3) is 0.579. The summed E-state index contributed by atoms with van der Waals surface area (Å²) in [5.74, 6) is 1.01. The van der Waals surface area contributed by atoms with Gasteiger partial charge in [-0.15, -0.1) is 0 Å². The minimum absolute atomic E-state index is 0.332. The summed E-state index contributed by atoms with van der Waals surface area (Å²) >= 11 is 0. The normalized spacial score (nSPS) is 24.1. The van der Waals surface area contributed by atoms with Crippen LogP contribution in [-0.2, 0) is 4.74 Å². The van der Waals surface area contributed by atoms with E-state index in [2.05, 4.69) is 34.1 Å². The van der Waals surface area contributed by atoms with E-state index in [1.807, 2.05) is 6.20 Å². The van der Waals surface area contributed by atoms with Gasteiger partial charge in [0.25, 0.3) is 0 Å². The number of piperidine rings is 1. The number of fused-ring (bicyclic) bond motifs is 1. The molecule has 4 heteroatoms. The van der Waals surface area contributed by atoms with Gasteiger partial charge in [-0.2, -0.15) is 0 Å². The van der Waals surface area contributed by atoms with Crippen molar-refractivity contribution in [1.82, 2.24) is 9.88 Å². The fourth-order valence-corrected chi connectivity index (χ4v) is 3.79. The van der Waals surface area contributed by atoms with E-state index in [1.54, 1.807) is 0 Å². The molecule has 1 aromatic carbocycles. The first-order valence-electron chi connectivity index (χ1n) is 8.95. The standard InChI is InChI=1S/C19H26N2O2/c1-2-13-22-16(4-1)14-21-11-8-15(9-12-21)23-19-6-3-5-18-17(19)7-10-20-18/h3,5-7,10,15-16,20H,1-2,4,8-9,11-14H2. The number of nitrogens with one attached hydrogen (secondary N) is 1. The minimum atomic E-state index is 0.332. The zero-order valence-electron chi connectivity index (χ0n) is 13.7. The molecule has 1 aromatic heterocycles. The number of aromatic amines is 1. The summed E-state index contributed by atoms with van der Waals surface area (Å²) in [5.41, 5.74) is 1.15. The van der Waals surface area contributed by atoms with Gasteiger partial charge in [0, 0.05) is 43.3 Å². The lowest BCUT2D eigenvalue weighted by atomic mass is 10.0. The Morgan fingerprint density at radius 2 is 2.04 bits per heavy atom. The number of rotatable bonds is 4. The number of H-pyrrole nitrogens is 1. The summed E-state index contributed by atoms with van der Waals surface area (Å²) in [7, 11) is 0. The molecule has 4 rings (SSSR count). The Balaban J connectivity index is 1.30. The lowest BCUT2D eigenvalue weighted by molar-refractivity contribution is -0.0153. The van der Waals surface area contributed by atoms with E-state index in [0.29, 0.717) is 12.2 Å². The molecule has 2 aromatic rings. The molecule has 23 heavy (non-hydrogen) atoms. The Kier molecular flexibility index (Phi) is 4.53. The second-order valence-corrected chi connectivity index (χ2v) is 6.80. The molecule has 1 N–H and O–H groups in total. The van der Waals surface area contributed by atoms with Crippen molar-refractivity contribution in [3.8, 4) is 5.75 Å². The maximum atomic E-state index is 6.29. The molecule has 4 nitrogen and oxygen atoms in total. The Labute approximate surface area is 137 Å². The van der Waals surface area contributed by atoms with E-state index in [-0.39, 0.29) is 0 Å². The second kappa shape index (κ2) is 6.93. The topological polar surface area (TPSA) is 37.5 Å². The minimum Gasteiger partial charge on any atom is -0.490 e. The molecule has 0 radical (unpaired) electrons. The van der Waals surface area contributed by atoms with Gasteiger partial charge in [-0.25, -0.2) is 0 Å². The van der Waals surface area contributed by atoms with Crippen molar-refractivity contribution in [1.29, 1.82) is 0 Å². The van der Waals surface area contributed by atoms with Crippen molar-refractivity contribution >= 4 is 10.9 Å². The largest absolute Gasteiger partial charge is 0.490 e. The highest BCUT2D eigenvalue weighted by Gasteiger charge is 2.24. The van der Waals surface area contributed by atoms with Crippen molar-refractivity contribution in [3.63, 3.8) is 0 Å². The Bertz CT molecular complexity index is 625. The molecule has 1 unspecified atom stereocenters. The van der Waals surface area contributed by atoms with Gasteiger partial charge in [-0.05, 0) is 50.3 Å². The zero-order chi connectivity index (χ0) is 15.5. The highest BCUT2D eigenvalue weighted by Crippen LogP contribution is 2.27. The summed E-state index contributed by atoms with van der Waals surface area (Å²) in [6.45, 7) is 4.28. The number of hydrogen-bond acceptors (Lipinski definition) is 3. The molecular weight excluding hydrogens is 288 g/mol. The van der Waals surface area contributed by atoms with E-state index >= 15 is 0 Å². The van der Waals surface area contributed by atoms with Crippen molar-refractivity contribution in [2.45, 2.75) is 44.3 Å². The third-order valence-corrected chi connectivity index (χ3v) is 5.12. The Hall–Kier alpha value is -1.52. The lowest BCUT2D eigenvalue weighted by Gasteiger charge is -2.35. The zero-order valence-corrected chi connectivity index (χ0v) is 13.7. The monoisotopic (exact) mass is 314 g/mol. The summed E-state index contributed by atoms with van der Waals surface area (Å²) in [6, 6.07) is 8.33. The van der Waals surface area contributed by atoms with Gasteiger partial charge in [-0.1, -0.05) is 6.07 Å². The molecule has 124 valence electrons. The van der Waals surface area contributed by atoms with Crippen LogP contribution in [0.25, 0.3) is 10.9 Å². The van der Waals surface area contributed by atoms with Crippen LogP contribution >= 0.6 is 0 Å². The molecule has 2 saturated heterocycles. The third-order valence-electron chi connectivity index (χ3n) is 5.12. The van der Waals surface area contributed by atoms with E-state index in [0.717, 1.165) is 50.3 Å². The SMILES string of the molecule is c1cc(OC2CCN(CC3CCCCO3)CC2)c2cc[nH]c2c1. The van der Waals surface area contributed by atoms with Crippen molar-refractivity contribution in [2.24, 2.45) is 0 Å². The van der Waals surface area contributed by atoms with E-state index < -0.39 is 0 Å². The molecule has 2 aliphatic heterocycles. The number of likely N-dealkylation sites (tertiary alicyclic amines) is 1. The second-order valence-electron chi connectivity index (χ2n) is 6.80. The average molecular weight is 314 g/mol. The van der Waals surface area contributed by atoms with Crippen LogP contribution in [0.15, 0.2) is 30.5 Å². The third kappa shape index (κ3) is 3.54. The average Bonchev–Trinajstić information content (AvgIpc) is 3.07. The number of ether oxygens (including phenoxy) is 2. The number of hydrogen-bond donors (Lipinski definition) is 1. The van der Waals surface area contributed by atoms with E-state index in [9.17, 15) is 0 Å². The van der Waals surface area contributed by atoms with Crippen LogP contribution < -0.4 is 4.74 Å². The van der Waals surface area contributed by atoms with Crippen LogP contribution in [0.4, 0.5) is 0 Å². The van der Waals surface area contributed by atoms with Gasteiger partial charge in [-0.3, -0.25) is 0 Å². The molecule has 0 saturated carbocycles. The number of nitrogens with zero attached hydrogens (tertiary/aromatic N) is 1. The molecule has 0 amide bonds. The van der Waals surface area contributed by atoms with Crippen LogP contribution in [0.1, 0.15) is 32.1 Å². The maximum Gasteiger partial charge on any atom is 0.129 e. The van der Waals surface area contributed by atoms with Crippen LogP contribution in [0.3, 0.4) is 0 Å². The first kappa shape index (κ1) is 15.0. The summed E-state index contributed by atoms with van der Waals surface area (Å²) in [4.78, 5) is 5.80. The van der Waals surface area contributed by atoms with E-state index in [4.69, 9.17) is 9.47 Å². The predicted molar refractivity (Wildman–Crippen MR) is 92.0 cm³/mol. The quantitative estimate of drug-likeness (QED) is 0.937. The summed E-state index contributed by atoms with van der Waals surface area (Å²) < 4.78 is 12.2. The maximum absolute atomic E-state index is 6.29. The Morgan fingerprint density at radius 1 is 1.13 bits per heavy atom. The first-order valence-corrected chi connectivity index (χ1v) is 8.95. The van der Waals surface area contributed by atoms with Crippen molar-refractivity contribution < 1.29 is 9.47 Å². The highest BCUT2D eigenvalue weighted by molar-refractivity contribution is 5.85. The molecule has 1 atom stereocenters. The molecule has 0 aliphatic carbocycles. The Morgan fingerprint density at radius 3 is 2.87 bits per heavy atom. The van der Waals surface area contributed by atoms with Gasteiger partial charge < -0.3 is 19.4 Å². The molecule has 3 heterocycles.